The molecule has 0 bridgehead atoms. The van der Waals surface area contributed by atoms with Crippen LogP contribution in [0.2, 0.25) is 0 Å². The number of Topliss-reactive ketones (excluding diaryl/α,β-unsaturated/α-hetero) is 1. The first kappa shape index (κ1) is 36.5. The number of carbonyl (C=O) groups is 3. The first-order valence-corrected chi connectivity index (χ1v) is 17.2. The van der Waals surface area contributed by atoms with E-state index in [4.69, 9.17) is 4.74 Å². The second-order valence-corrected chi connectivity index (χ2v) is 13.5. The molecular weight excluding hydrogens is 634 g/mol. The summed E-state index contributed by atoms with van der Waals surface area (Å²) in [6, 6.07) is 7.50. The molecule has 5 rings (SSSR count). The van der Waals surface area contributed by atoms with Crippen LogP contribution in [0.3, 0.4) is 0 Å². The van der Waals surface area contributed by atoms with E-state index in [1.807, 2.05) is 4.90 Å². The minimum absolute atomic E-state index is 0.171. The molecule has 0 saturated carbocycles. The van der Waals surface area contributed by atoms with E-state index in [1.165, 1.54) is 6.20 Å². The fourth-order valence-corrected chi connectivity index (χ4v) is 6.60. The largest absolute Gasteiger partial charge is 0.494 e. The van der Waals surface area contributed by atoms with E-state index in [9.17, 15) is 28.4 Å². The molecule has 0 aliphatic carbocycles. The van der Waals surface area contributed by atoms with Gasteiger partial charge in [0, 0.05) is 108 Å². The molecule has 0 N–H and O–H groups in total. The van der Waals surface area contributed by atoms with Crippen LogP contribution in [-0.2, 0) is 9.59 Å². The highest BCUT2D eigenvalue weighted by Crippen LogP contribution is 2.32. The van der Waals surface area contributed by atoms with Crippen molar-refractivity contribution in [3.8, 4) is 11.8 Å². The summed E-state index contributed by atoms with van der Waals surface area (Å²) in [7, 11) is 4.27. The van der Waals surface area contributed by atoms with Gasteiger partial charge in [-0.2, -0.15) is 5.26 Å². The Balaban J connectivity index is 1.05. The van der Waals surface area contributed by atoms with Gasteiger partial charge >= 0.3 is 0 Å². The van der Waals surface area contributed by atoms with Crippen LogP contribution < -0.4 is 4.74 Å². The molecule has 14 heteroatoms. The number of amides is 2. The first-order chi connectivity index (χ1) is 23.5. The number of ketones is 1. The topological polar surface area (TPSA) is 117 Å². The van der Waals surface area contributed by atoms with Gasteiger partial charge in [0.2, 0.25) is 11.8 Å². The predicted molar refractivity (Wildman–Crippen MR) is 181 cm³/mol. The van der Waals surface area contributed by atoms with Crippen molar-refractivity contribution in [3.63, 3.8) is 0 Å². The number of nitrogens with zero attached hydrogens (tertiary/aromatic N) is 8. The van der Waals surface area contributed by atoms with Crippen molar-refractivity contribution < 1.29 is 27.9 Å². The van der Waals surface area contributed by atoms with Gasteiger partial charge in [-0.05, 0) is 44.8 Å². The van der Waals surface area contributed by atoms with Gasteiger partial charge < -0.3 is 24.3 Å². The van der Waals surface area contributed by atoms with Gasteiger partial charge in [-0.15, -0.1) is 0 Å². The van der Waals surface area contributed by atoms with Crippen molar-refractivity contribution in [2.75, 3.05) is 106 Å². The van der Waals surface area contributed by atoms with Crippen molar-refractivity contribution >= 4 is 28.5 Å². The van der Waals surface area contributed by atoms with Crippen LogP contribution in [0, 0.1) is 11.3 Å². The zero-order valence-electron chi connectivity index (χ0n) is 28.7. The van der Waals surface area contributed by atoms with Crippen LogP contribution >= 0.6 is 0 Å². The number of likely N-dealkylation sites (tertiary alicyclic amines) is 1. The highest BCUT2D eigenvalue weighted by atomic mass is 19.3. The Labute approximate surface area is 287 Å². The van der Waals surface area contributed by atoms with Crippen LogP contribution in [0.15, 0.2) is 30.5 Å². The molecule has 266 valence electrons. The van der Waals surface area contributed by atoms with E-state index >= 15 is 0 Å². The Morgan fingerprint density at radius 1 is 0.918 bits per heavy atom. The summed E-state index contributed by atoms with van der Waals surface area (Å²) in [5.41, 5.74) is 0.975. The second kappa shape index (κ2) is 16.8. The molecule has 0 radical (unpaired) electrons. The van der Waals surface area contributed by atoms with Crippen LogP contribution in [0.25, 0.3) is 10.9 Å². The van der Waals surface area contributed by atoms with Crippen LogP contribution in [0.4, 0.5) is 8.78 Å². The van der Waals surface area contributed by atoms with E-state index in [2.05, 4.69) is 38.7 Å². The zero-order valence-corrected chi connectivity index (χ0v) is 28.7. The highest BCUT2D eigenvalue weighted by Gasteiger charge is 2.47. The summed E-state index contributed by atoms with van der Waals surface area (Å²) < 4.78 is 33.6. The molecule has 3 aliphatic rings. The minimum atomic E-state index is -3.10. The third kappa shape index (κ3) is 10.1. The average molecular weight is 683 g/mol. The molecular formula is C35H48F2N8O4. The molecule has 3 fully saturated rings. The molecule has 4 heterocycles. The molecule has 1 aromatic carbocycles. The summed E-state index contributed by atoms with van der Waals surface area (Å²) in [6.07, 6.45) is 1.20. The summed E-state index contributed by atoms with van der Waals surface area (Å²) in [5.74, 6) is -3.25. The fourth-order valence-electron chi connectivity index (χ4n) is 6.60. The van der Waals surface area contributed by atoms with Crippen molar-refractivity contribution in [1.82, 2.24) is 34.4 Å². The number of carbonyl (C=O) groups excluding carboxylic acids is 3. The molecule has 0 unspecified atom stereocenters. The normalized spacial score (nSPS) is 21.6. The van der Waals surface area contributed by atoms with Gasteiger partial charge in [-0.1, -0.05) is 0 Å². The van der Waals surface area contributed by atoms with Gasteiger partial charge in [-0.3, -0.25) is 29.2 Å². The number of rotatable bonds is 11. The number of pyridine rings is 1. The van der Waals surface area contributed by atoms with Crippen LogP contribution in [0.1, 0.15) is 36.0 Å². The summed E-state index contributed by atoms with van der Waals surface area (Å²) in [6.45, 7) is 9.87. The SMILES string of the molecule is CN1CCN(C)CCN(CC(=O)N2CCN(CCCOc3ccc4nccc(C(=O)CCC(=O)N5CC(F)(F)C[C@H]5C#N)c4c3)CC2)CC1. The van der Waals surface area contributed by atoms with E-state index in [-0.39, 0.29) is 24.5 Å². The van der Waals surface area contributed by atoms with E-state index < -0.39 is 30.8 Å². The summed E-state index contributed by atoms with van der Waals surface area (Å²) in [5, 5.41) is 9.77. The average Bonchev–Trinajstić information content (AvgIpc) is 3.46. The number of alkyl halides is 2. The van der Waals surface area contributed by atoms with Crippen molar-refractivity contribution in [2.24, 2.45) is 0 Å². The minimum Gasteiger partial charge on any atom is -0.494 e. The Hall–Kier alpha value is -3.77. The number of hydrogen-bond acceptors (Lipinski definition) is 10. The molecule has 49 heavy (non-hydrogen) atoms. The Bertz CT molecular complexity index is 1500. The Kier molecular flexibility index (Phi) is 12.5. The standard InChI is InChI=1S/C35H48F2N8O4/c1-40-11-12-41(2)14-16-43(15-13-40)25-34(48)44-19-17-42(18-20-44)10-3-21-49-28-4-5-31-30(22-28)29(8-9-39-31)32(46)6-7-33(47)45-26-35(36,37)23-27(45)24-38/h4-5,8-9,22,27H,3,6-7,10-21,23,25-26H2,1-2H3/t27-/m0/s1. The molecule has 2 aromatic rings. The smallest absolute Gasteiger partial charge is 0.268 e. The summed E-state index contributed by atoms with van der Waals surface area (Å²) in [4.78, 5) is 55.3. The number of ether oxygens (including phenoxy) is 1. The van der Waals surface area contributed by atoms with Gasteiger partial charge in [0.25, 0.3) is 5.92 Å². The van der Waals surface area contributed by atoms with Crippen LogP contribution in [0.5, 0.6) is 5.75 Å². The maximum Gasteiger partial charge on any atom is 0.268 e. The van der Waals surface area contributed by atoms with E-state index in [0.29, 0.717) is 35.4 Å². The van der Waals surface area contributed by atoms with E-state index in [1.54, 1.807) is 30.3 Å². The van der Waals surface area contributed by atoms with Gasteiger partial charge in [0.05, 0.1) is 31.3 Å². The van der Waals surface area contributed by atoms with Gasteiger partial charge in [0.15, 0.2) is 5.78 Å². The lowest BCUT2D eigenvalue weighted by molar-refractivity contribution is -0.134. The van der Waals surface area contributed by atoms with Gasteiger partial charge in [-0.25, -0.2) is 8.78 Å². The number of piperazine rings is 1. The molecule has 0 spiro atoms. The number of nitriles is 1. The lowest BCUT2D eigenvalue weighted by Gasteiger charge is -2.36. The third-order valence-electron chi connectivity index (χ3n) is 9.75. The number of hydrogen-bond donors (Lipinski definition) is 0. The zero-order chi connectivity index (χ0) is 35.0. The van der Waals surface area contributed by atoms with Gasteiger partial charge in [0.1, 0.15) is 11.8 Å². The lowest BCUT2D eigenvalue weighted by Crippen LogP contribution is -2.52. The lowest BCUT2D eigenvalue weighted by atomic mass is 10.0. The number of benzene rings is 1. The quantitative estimate of drug-likeness (QED) is 0.258. The van der Waals surface area contributed by atoms with Crippen LogP contribution in [-0.4, -0.2) is 170 Å². The monoisotopic (exact) mass is 682 g/mol. The fraction of sp³-hybridized carbons (Fsp3) is 0.629. The predicted octanol–water partition coefficient (Wildman–Crippen LogP) is 2.05. The molecule has 3 saturated heterocycles. The molecule has 12 nitrogen and oxygen atoms in total. The maximum absolute atomic E-state index is 13.8. The molecule has 2 amide bonds. The van der Waals surface area contributed by atoms with Crippen molar-refractivity contribution in [3.05, 3.63) is 36.0 Å². The Morgan fingerprint density at radius 2 is 1.59 bits per heavy atom. The summed E-state index contributed by atoms with van der Waals surface area (Å²) >= 11 is 0. The molecule has 3 aliphatic heterocycles. The number of fused-ring (bicyclic) bond motifs is 1. The van der Waals surface area contributed by atoms with E-state index in [0.717, 1.165) is 83.3 Å². The number of halogens is 2. The highest BCUT2D eigenvalue weighted by molar-refractivity contribution is 6.08. The molecule has 1 atom stereocenters. The van der Waals surface area contributed by atoms with Crippen molar-refractivity contribution in [1.29, 1.82) is 5.26 Å². The maximum atomic E-state index is 13.8. The number of likely N-dealkylation sites (N-methyl/N-ethyl adjacent to an activating group) is 2. The second-order valence-electron chi connectivity index (χ2n) is 13.5. The molecule has 1 aromatic heterocycles. The Morgan fingerprint density at radius 3 is 2.29 bits per heavy atom. The first-order valence-electron chi connectivity index (χ1n) is 17.2. The van der Waals surface area contributed by atoms with Crippen molar-refractivity contribution in [2.45, 2.75) is 37.6 Å². The number of aromatic nitrogens is 1. The third-order valence-corrected chi connectivity index (χ3v) is 9.75.